The Kier molecular flexibility index (Phi) is 6.50. The maximum absolute atomic E-state index is 13.3. The number of aromatic nitrogens is 4. The van der Waals surface area contributed by atoms with Crippen molar-refractivity contribution in [3.05, 3.63) is 88.6 Å². The maximum Gasteiger partial charge on any atom is 0.264 e. The molecule has 4 rings (SSSR count). The van der Waals surface area contributed by atoms with E-state index in [9.17, 15) is 14.7 Å². The molecule has 0 aliphatic rings. The van der Waals surface area contributed by atoms with E-state index in [0.29, 0.717) is 22.3 Å². The first kappa shape index (κ1) is 22.2. The Balaban J connectivity index is 1.59. The van der Waals surface area contributed by atoms with Crippen LogP contribution in [0.3, 0.4) is 0 Å². The van der Waals surface area contributed by atoms with Crippen molar-refractivity contribution < 1.29 is 14.6 Å². The summed E-state index contributed by atoms with van der Waals surface area (Å²) in [7, 11) is 3.26. The van der Waals surface area contributed by atoms with Gasteiger partial charge in [-0.2, -0.15) is 5.10 Å². The number of hydrogen-bond donors (Lipinski definition) is 1. The lowest BCUT2D eigenvalue weighted by atomic mass is 10.1. The van der Waals surface area contributed by atoms with Crippen LogP contribution in [0, 0.1) is 0 Å². The second-order valence-electron chi connectivity index (χ2n) is 7.74. The van der Waals surface area contributed by atoms with Gasteiger partial charge in [0.25, 0.3) is 5.56 Å². The molecular formula is C24H25N5O4. The fourth-order valence-electron chi connectivity index (χ4n) is 3.65. The summed E-state index contributed by atoms with van der Waals surface area (Å²) in [6.07, 6.45) is 1.87. The number of fused-ring (bicyclic) bond motifs is 1. The molecule has 0 saturated carbocycles. The molecule has 0 saturated heterocycles. The predicted octanol–water partition coefficient (Wildman–Crippen LogP) is 1.90. The highest BCUT2D eigenvalue weighted by molar-refractivity contribution is 5.77. The largest absolute Gasteiger partial charge is 0.497 e. The van der Waals surface area contributed by atoms with Crippen LogP contribution in [-0.2, 0) is 24.9 Å². The predicted molar refractivity (Wildman–Crippen MR) is 123 cm³/mol. The summed E-state index contributed by atoms with van der Waals surface area (Å²) in [6, 6.07) is 16.6. The molecule has 2 heterocycles. The molecule has 170 valence electrons. The number of aryl methyl sites for hydroxylation is 1. The van der Waals surface area contributed by atoms with Crippen molar-refractivity contribution in [3.63, 3.8) is 0 Å². The van der Waals surface area contributed by atoms with E-state index in [-0.39, 0.29) is 31.1 Å². The summed E-state index contributed by atoms with van der Waals surface area (Å²) < 4.78 is 8.01. The highest BCUT2D eigenvalue weighted by Gasteiger charge is 2.21. The van der Waals surface area contributed by atoms with Crippen molar-refractivity contribution in [2.75, 3.05) is 13.7 Å². The van der Waals surface area contributed by atoms with E-state index in [0.717, 1.165) is 5.56 Å². The number of nitrogens with zero attached hydrogens (tertiary/aromatic N) is 5. The van der Waals surface area contributed by atoms with E-state index >= 15 is 0 Å². The number of hydrogen-bond acceptors (Lipinski definition) is 6. The third kappa shape index (κ3) is 4.93. The van der Waals surface area contributed by atoms with Gasteiger partial charge in [-0.15, -0.1) is 0 Å². The van der Waals surface area contributed by atoms with Crippen LogP contribution in [0.4, 0.5) is 0 Å². The van der Waals surface area contributed by atoms with Crippen molar-refractivity contribution in [2.24, 2.45) is 7.05 Å². The molecule has 0 radical (unpaired) electrons. The Morgan fingerprint density at radius 2 is 1.97 bits per heavy atom. The lowest BCUT2D eigenvalue weighted by Gasteiger charge is -2.26. The molecule has 33 heavy (non-hydrogen) atoms. The maximum atomic E-state index is 13.3. The van der Waals surface area contributed by atoms with Crippen molar-refractivity contribution in [2.45, 2.75) is 19.2 Å². The summed E-state index contributed by atoms with van der Waals surface area (Å²) in [5, 5.41) is 15.3. The lowest BCUT2D eigenvalue weighted by Crippen LogP contribution is -2.38. The molecule has 0 fully saturated rings. The quantitative estimate of drug-likeness (QED) is 0.443. The van der Waals surface area contributed by atoms with Gasteiger partial charge >= 0.3 is 0 Å². The molecule has 9 heteroatoms. The van der Waals surface area contributed by atoms with Gasteiger partial charge in [0.2, 0.25) is 5.91 Å². The van der Waals surface area contributed by atoms with Crippen LogP contribution < -0.4 is 10.3 Å². The SMILES string of the molecule is COc1cccc(C(O)CN(Cc2ccccc2)C(=O)Cn2cnc3c(cnn3C)c2=O)c1. The monoisotopic (exact) mass is 447 g/mol. The summed E-state index contributed by atoms with van der Waals surface area (Å²) in [5.41, 5.74) is 1.67. The Hall–Kier alpha value is -3.98. The topological polar surface area (TPSA) is 102 Å². The standard InChI is InChI=1S/C24H25N5O4/c1-27-23-20(12-26-27)24(32)29(16-25-23)15-22(31)28(13-17-7-4-3-5-8-17)14-21(30)18-9-6-10-19(11-18)33-2/h3-12,16,21,30H,13-15H2,1-2H3. The highest BCUT2D eigenvalue weighted by Crippen LogP contribution is 2.21. The van der Waals surface area contributed by atoms with E-state index < -0.39 is 6.10 Å². The molecule has 1 atom stereocenters. The van der Waals surface area contributed by atoms with E-state index in [2.05, 4.69) is 10.1 Å². The Morgan fingerprint density at radius 3 is 2.73 bits per heavy atom. The highest BCUT2D eigenvalue weighted by atomic mass is 16.5. The third-order valence-electron chi connectivity index (χ3n) is 5.46. The first-order valence-corrected chi connectivity index (χ1v) is 10.5. The molecule has 4 aromatic rings. The van der Waals surface area contributed by atoms with Crippen LogP contribution in [-0.4, -0.2) is 48.9 Å². The second kappa shape index (κ2) is 9.66. The zero-order chi connectivity index (χ0) is 23.4. The first-order valence-electron chi connectivity index (χ1n) is 10.5. The molecule has 0 bridgehead atoms. The van der Waals surface area contributed by atoms with Gasteiger partial charge in [0.15, 0.2) is 5.65 Å². The zero-order valence-corrected chi connectivity index (χ0v) is 18.5. The fraction of sp³-hybridized carbons (Fsp3) is 0.250. The first-order chi connectivity index (χ1) is 16.0. The molecule has 0 aliphatic heterocycles. The van der Waals surface area contributed by atoms with Crippen LogP contribution in [0.1, 0.15) is 17.2 Å². The smallest absolute Gasteiger partial charge is 0.264 e. The van der Waals surface area contributed by atoms with Crippen molar-refractivity contribution in [1.82, 2.24) is 24.2 Å². The number of benzene rings is 2. The van der Waals surface area contributed by atoms with E-state index in [1.165, 1.54) is 21.8 Å². The van der Waals surface area contributed by atoms with Gasteiger partial charge in [-0.25, -0.2) is 4.98 Å². The van der Waals surface area contributed by atoms with Gasteiger partial charge in [-0.3, -0.25) is 18.8 Å². The van der Waals surface area contributed by atoms with Crippen LogP contribution in [0.15, 0.2) is 71.9 Å². The zero-order valence-electron chi connectivity index (χ0n) is 18.5. The molecule has 0 aliphatic carbocycles. The molecule has 2 aromatic carbocycles. The summed E-state index contributed by atoms with van der Waals surface area (Å²) in [4.78, 5) is 31.9. The Labute approximate surface area is 190 Å². The van der Waals surface area contributed by atoms with Crippen LogP contribution in [0.5, 0.6) is 5.75 Å². The molecule has 0 spiro atoms. The second-order valence-corrected chi connectivity index (χ2v) is 7.74. The minimum atomic E-state index is -0.927. The molecule has 1 N–H and O–H groups in total. The number of ether oxygens (including phenoxy) is 1. The van der Waals surface area contributed by atoms with Gasteiger partial charge in [0, 0.05) is 13.6 Å². The molecule has 1 amide bonds. The minimum absolute atomic E-state index is 0.0538. The Bertz CT molecular complexity index is 1320. The lowest BCUT2D eigenvalue weighted by molar-refractivity contribution is -0.134. The fourth-order valence-corrected chi connectivity index (χ4v) is 3.65. The summed E-state index contributed by atoms with van der Waals surface area (Å²) in [6.45, 7) is 0.143. The number of rotatable bonds is 8. The normalized spacial score (nSPS) is 12.0. The third-order valence-corrected chi connectivity index (χ3v) is 5.46. The van der Waals surface area contributed by atoms with Crippen molar-refractivity contribution >= 4 is 16.9 Å². The average Bonchev–Trinajstić information content (AvgIpc) is 3.22. The minimum Gasteiger partial charge on any atom is -0.497 e. The van der Waals surface area contributed by atoms with E-state index in [1.54, 1.807) is 43.3 Å². The average molecular weight is 447 g/mol. The number of amides is 1. The summed E-state index contributed by atoms with van der Waals surface area (Å²) in [5.74, 6) is 0.308. The van der Waals surface area contributed by atoms with E-state index in [4.69, 9.17) is 4.74 Å². The molecular weight excluding hydrogens is 422 g/mol. The molecule has 2 aromatic heterocycles. The van der Waals surface area contributed by atoms with Crippen LogP contribution in [0.25, 0.3) is 11.0 Å². The van der Waals surface area contributed by atoms with Crippen molar-refractivity contribution in [3.8, 4) is 5.75 Å². The van der Waals surface area contributed by atoms with Crippen molar-refractivity contribution in [1.29, 1.82) is 0 Å². The number of carbonyl (C=O) groups is 1. The van der Waals surface area contributed by atoms with Gasteiger partial charge in [-0.05, 0) is 23.3 Å². The number of methoxy groups -OCH3 is 1. The molecule has 1 unspecified atom stereocenters. The number of carbonyl (C=O) groups excluding carboxylic acids is 1. The van der Waals surface area contributed by atoms with Gasteiger partial charge in [-0.1, -0.05) is 42.5 Å². The van der Waals surface area contributed by atoms with Gasteiger partial charge in [0.1, 0.15) is 24.0 Å². The summed E-state index contributed by atoms with van der Waals surface area (Å²) >= 11 is 0. The van der Waals surface area contributed by atoms with Gasteiger partial charge < -0.3 is 14.7 Å². The number of aliphatic hydroxyl groups is 1. The van der Waals surface area contributed by atoms with E-state index in [1.807, 2.05) is 30.3 Å². The Morgan fingerprint density at radius 1 is 1.18 bits per heavy atom. The van der Waals surface area contributed by atoms with Gasteiger partial charge in [0.05, 0.1) is 26.0 Å². The van der Waals surface area contributed by atoms with Crippen LogP contribution >= 0.6 is 0 Å². The number of aliphatic hydroxyl groups excluding tert-OH is 1. The molecule has 9 nitrogen and oxygen atoms in total. The van der Waals surface area contributed by atoms with Crippen LogP contribution in [0.2, 0.25) is 0 Å².